The predicted molar refractivity (Wildman–Crippen MR) is 98.8 cm³/mol. The fourth-order valence-electron chi connectivity index (χ4n) is 2.13. The fraction of sp³-hybridized carbons (Fsp3) is 0.188. The lowest BCUT2D eigenvalue weighted by Crippen LogP contribution is -2.22. The van der Waals surface area contributed by atoms with Crippen LogP contribution in [-0.4, -0.2) is 26.3 Å². The van der Waals surface area contributed by atoms with E-state index in [2.05, 4.69) is 15.5 Å². The molecule has 11 heteroatoms. The Morgan fingerprint density at radius 1 is 1.37 bits per heavy atom. The maximum Gasteiger partial charge on any atom is 0.277 e. The third-order valence-electron chi connectivity index (χ3n) is 3.56. The second kappa shape index (κ2) is 7.80. The van der Waals surface area contributed by atoms with E-state index in [-0.39, 0.29) is 27.5 Å². The zero-order valence-corrected chi connectivity index (χ0v) is 15.7. The number of benzene rings is 1. The number of halogens is 1. The molecule has 0 saturated heterocycles. The molecular weight excluding hydrogens is 396 g/mol. The molecular formula is C16H13ClN4O5S. The first kappa shape index (κ1) is 18.9. The van der Waals surface area contributed by atoms with Crippen LogP contribution in [-0.2, 0) is 4.79 Å². The topological polar surface area (TPSA) is 124 Å². The number of furan rings is 1. The van der Waals surface area contributed by atoms with E-state index in [0.29, 0.717) is 11.3 Å². The highest BCUT2D eigenvalue weighted by Gasteiger charge is 2.21. The van der Waals surface area contributed by atoms with Crippen molar-refractivity contribution in [2.75, 3.05) is 5.32 Å². The first-order valence-corrected chi connectivity index (χ1v) is 8.90. The molecule has 1 atom stereocenters. The van der Waals surface area contributed by atoms with E-state index in [1.807, 2.05) is 0 Å². The number of hydrogen-bond donors (Lipinski definition) is 1. The molecule has 3 rings (SSSR count). The highest BCUT2D eigenvalue weighted by Crippen LogP contribution is 2.30. The van der Waals surface area contributed by atoms with Crippen LogP contribution in [0.3, 0.4) is 0 Å². The van der Waals surface area contributed by atoms with Gasteiger partial charge in [-0.3, -0.25) is 14.9 Å². The monoisotopic (exact) mass is 408 g/mol. The average molecular weight is 409 g/mol. The van der Waals surface area contributed by atoms with Crippen molar-refractivity contribution in [3.8, 4) is 11.5 Å². The van der Waals surface area contributed by atoms with Gasteiger partial charge in [0, 0.05) is 12.1 Å². The molecule has 3 aromatic rings. The number of hydrogen-bond acceptors (Lipinski definition) is 8. The van der Waals surface area contributed by atoms with Crippen LogP contribution in [0.4, 0.5) is 11.4 Å². The molecule has 1 amide bonds. The van der Waals surface area contributed by atoms with Crippen molar-refractivity contribution < 1.29 is 18.6 Å². The number of carbonyl (C=O) groups excluding carboxylic acids is 1. The average Bonchev–Trinajstić information content (AvgIpc) is 3.25. The number of aryl methyl sites for hydroxylation is 1. The van der Waals surface area contributed by atoms with Crippen molar-refractivity contribution in [3.63, 3.8) is 0 Å². The second-order valence-electron chi connectivity index (χ2n) is 5.43. The molecule has 0 radical (unpaired) electrons. The van der Waals surface area contributed by atoms with Crippen LogP contribution in [0, 0.1) is 17.0 Å². The number of amides is 1. The first-order chi connectivity index (χ1) is 12.8. The number of rotatable bonds is 6. The molecule has 0 fully saturated rings. The Hall–Kier alpha value is -2.85. The van der Waals surface area contributed by atoms with Crippen molar-refractivity contribution in [3.05, 3.63) is 51.4 Å². The summed E-state index contributed by atoms with van der Waals surface area (Å²) < 4.78 is 10.7. The quantitative estimate of drug-likeness (QED) is 0.363. The number of nitrogens with zero attached hydrogens (tertiary/aromatic N) is 3. The predicted octanol–water partition coefficient (Wildman–Crippen LogP) is 4.32. The molecule has 9 nitrogen and oxygen atoms in total. The minimum absolute atomic E-state index is 0.156. The molecule has 1 unspecified atom stereocenters. The summed E-state index contributed by atoms with van der Waals surface area (Å²) in [6.07, 6.45) is 1.51. The Labute approximate surface area is 162 Å². The summed E-state index contributed by atoms with van der Waals surface area (Å²) in [5.74, 6) is 0.515. The van der Waals surface area contributed by atoms with Gasteiger partial charge in [0.25, 0.3) is 16.8 Å². The molecule has 1 aromatic carbocycles. The Morgan fingerprint density at radius 2 is 2.15 bits per heavy atom. The molecule has 0 spiro atoms. The molecule has 0 bridgehead atoms. The number of aromatic nitrogens is 2. The number of nitro benzene ring substituents is 1. The van der Waals surface area contributed by atoms with Gasteiger partial charge < -0.3 is 14.2 Å². The third-order valence-corrected chi connectivity index (χ3v) is 4.82. The summed E-state index contributed by atoms with van der Waals surface area (Å²) in [7, 11) is 0. The SMILES string of the molecule is Cc1occc1-c1nnc(SC(C)C(=O)Nc2cc([N+](=O)[O-])ccc2Cl)o1. The van der Waals surface area contributed by atoms with Crippen molar-refractivity contribution in [2.24, 2.45) is 0 Å². The highest BCUT2D eigenvalue weighted by molar-refractivity contribution is 8.00. The fourth-order valence-corrected chi connectivity index (χ4v) is 2.98. The Bertz CT molecular complexity index is 1000. The summed E-state index contributed by atoms with van der Waals surface area (Å²) >= 11 is 7.04. The van der Waals surface area contributed by atoms with Crippen molar-refractivity contribution >= 4 is 40.6 Å². The van der Waals surface area contributed by atoms with Crippen LogP contribution in [0.5, 0.6) is 0 Å². The summed E-state index contributed by atoms with van der Waals surface area (Å²) in [4.78, 5) is 22.7. The van der Waals surface area contributed by atoms with Crippen molar-refractivity contribution in [1.82, 2.24) is 10.2 Å². The van der Waals surface area contributed by atoms with Crippen LogP contribution >= 0.6 is 23.4 Å². The van der Waals surface area contributed by atoms with Gasteiger partial charge in [0.2, 0.25) is 5.91 Å². The Balaban J connectivity index is 1.68. The van der Waals surface area contributed by atoms with E-state index in [4.69, 9.17) is 20.4 Å². The molecule has 140 valence electrons. The van der Waals surface area contributed by atoms with E-state index >= 15 is 0 Å². The maximum atomic E-state index is 12.4. The lowest BCUT2D eigenvalue weighted by molar-refractivity contribution is -0.384. The minimum atomic E-state index is -0.612. The van der Waals surface area contributed by atoms with Gasteiger partial charge >= 0.3 is 0 Å². The molecule has 27 heavy (non-hydrogen) atoms. The molecule has 2 heterocycles. The summed E-state index contributed by atoms with van der Waals surface area (Å²) in [6.45, 7) is 3.41. The van der Waals surface area contributed by atoms with Gasteiger partial charge in [-0.25, -0.2) is 0 Å². The number of nitro groups is 1. The first-order valence-electron chi connectivity index (χ1n) is 7.64. The van der Waals surface area contributed by atoms with Gasteiger partial charge in [0.1, 0.15) is 5.76 Å². The van der Waals surface area contributed by atoms with Crippen LogP contribution in [0.15, 0.2) is 44.6 Å². The number of carbonyl (C=O) groups is 1. The van der Waals surface area contributed by atoms with Gasteiger partial charge in [-0.1, -0.05) is 23.4 Å². The van der Waals surface area contributed by atoms with Crippen molar-refractivity contribution in [1.29, 1.82) is 0 Å². The molecule has 1 N–H and O–H groups in total. The van der Waals surface area contributed by atoms with E-state index in [0.717, 1.165) is 11.8 Å². The Morgan fingerprint density at radius 3 is 2.81 bits per heavy atom. The van der Waals surface area contributed by atoms with Gasteiger partial charge in [-0.05, 0) is 26.0 Å². The number of anilines is 1. The van der Waals surface area contributed by atoms with Gasteiger partial charge in [-0.2, -0.15) is 0 Å². The normalized spacial score (nSPS) is 12.0. The Kier molecular flexibility index (Phi) is 5.47. The van der Waals surface area contributed by atoms with Crippen LogP contribution in [0.25, 0.3) is 11.5 Å². The third kappa shape index (κ3) is 4.29. The van der Waals surface area contributed by atoms with Gasteiger partial charge in [0.15, 0.2) is 0 Å². The second-order valence-corrected chi connectivity index (χ2v) is 7.13. The van der Waals surface area contributed by atoms with Gasteiger partial charge in [0.05, 0.1) is 32.7 Å². The largest absolute Gasteiger partial charge is 0.469 e. The van der Waals surface area contributed by atoms with E-state index in [9.17, 15) is 14.9 Å². The summed E-state index contributed by atoms with van der Waals surface area (Å²) in [6, 6.07) is 5.51. The summed E-state index contributed by atoms with van der Waals surface area (Å²) in [5, 5.41) is 21.1. The molecule has 2 aromatic heterocycles. The van der Waals surface area contributed by atoms with Crippen molar-refractivity contribution in [2.45, 2.75) is 24.3 Å². The van der Waals surface area contributed by atoms with E-state index < -0.39 is 16.1 Å². The van der Waals surface area contributed by atoms with Crippen LogP contribution in [0.2, 0.25) is 5.02 Å². The lowest BCUT2D eigenvalue weighted by atomic mass is 10.2. The standard InChI is InChI=1S/C16H13ClN4O5S/c1-8-11(5-6-25-8)15-19-20-16(26-15)27-9(2)14(22)18-13-7-10(21(23)24)3-4-12(13)17/h3-7,9H,1-2H3,(H,18,22). The van der Waals surface area contributed by atoms with Crippen LogP contribution < -0.4 is 5.32 Å². The van der Waals surface area contributed by atoms with E-state index in [1.54, 1.807) is 19.9 Å². The maximum absolute atomic E-state index is 12.4. The number of thioether (sulfide) groups is 1. The smallest absolute Gasteiger partial charge is 0.277 e. The highest BCUT2D eigenvalue weighted by atomic mass is 35.5. The lowest BCUT2D eigenvalue weighted by Gasteiger charge is -2.11. The number of nitrogens with one attached hydrogen (secondary N) is 1. The minimum Gasteiger partial charge on any atom is -0.469 e. The van der Waals surface area contributed by atoms with Crippen LogP contribution in [0.1, 0.15) is 12.7 Å². The summed E-state index contributed by atoms with van der Waals surface area (Å²) in [5.41, 5.74) is 0.658. The molecule has 0 aliphatic rings. The number of non-ortho nitro benzene ring substituents is 1. The zero-order valence-electron chi connectivity index (χ0n) is 14.1. The van der Waals surface area contributed by atoms with E-state index in [1.165, 1.54) is 24.5 Å². The molecule has 0 aliphatic carbocycles. The molecule has 0 aliphatic heterocycles. The molecule has 0 saturated carbocycles. The van der Waals surface area contributed by atoms with Gasteiger partial charge in [-0.15, -0.1) is 10.2 Å². The zero-order chi connectivity index (χ0) is 19.6.